The molecule has 1 aromatic heterocycles. The third kappa shape index (κ3) is 4.12. The average Bonchev–Trinajstić information content (AvgIpc) is 3.36. The molecule has 2 aliphatic carbocycles. The van der Waals surface area contributed by atoms with Crippen molar-refractivity contribution in [1.82, 2.24) is 14.8 Å². The number of likely N-dealkylation sites (tertiary alicyclic amines) is 1. The molecule has 2 bridgehead atoms. The van der Waals surface area contributed by atoms with Crippen molar-refractivity contribution < 1.29 is 9.59 Å². The Balaban J connectivity index is 1.68. The highest BCUT2D eigenvalue weighted by Crippen LogP contribution is 2.38. The molecule has 2 amide bonds. The summed E-state index contributed by atoms with van der Waals surface area (Å²) >= 11 is 0. The second-order valence-corrected chi connectivity index (χ2v) is 9.55. The predicted octanol–water partition coefficient (Wildman–Crippen LogP) is 3.36. The summed E-state index contributed by atoms with van der Waals surface area (Å²) in [5.74, 6) is 0.308. The number of rotatable bonds is 5. The summed E-state index contributed by atoms with van der Waals surface area (Å²) in [6.07, 6.45) is 12.2. The summed E-state index contributed by atoms with van der Waals surface area (Å²) < 4.78 is 1.98. The Kier molecular flexibility index (Phi) is 5.79. The van der Waals surface area contributed by atoms with Crippen molar-refractivity contribution in [2.75, 3.05) is 13.1 Å². The van der Waals surface area contributed by atoms with E-state index in [1.807, 2.05) is 23.3 Å². The van der Waals surface area contributed by atoms with Crippen molar-refractivity contribution in [1.29, 1.82) is 0 Å². The smallest absolute Gasteiger partial charge is 0.259 e. The number of amides is 2. The fourth-order valence-electron chi connectivity index (χ4n) is 5.22. The average molecular weight is 400 g/mol. The summed E-state index contributed by atoms with van der Waals surface area (Å²) in [5.41, 5.74) is -0.155. The highest BCUT2D eigenvalue weighted by atomic mass is 16.2. The van der Waals surface area contributed by atoms with Crippen LogP contribution in [0.25, 0.3) is 0 Å². The van der Waals surface area contributed by atoms with Crippen LogP contribution in [0.3, 0.4) is 0 Å². The first kappa shape index (κ1) is 20.2. The van der Waals surface area contributed by atoms with Gasteiger partial charge in [0, 0.05) is 37.6 Å². The lowest BCUT2D eigenvalue weighted by Crippen LogP contribution is -2.42. The van der Waals surface area contributed by atoms with E-state index >= 15 is 0 Å². The van der Waals surface area contributed by atoms with Crippen LogP contribution in [0, 0.1) is 11.8 Å². The highest BCUT2D eigenvalue weighted by molar-refractivity contribution is 5.99. The number of carbonyl (C=O) groups excluding carboxylic acids is 2. The molecule has 6 nitrogen and oxygen atoms in total. The monoisotopic (exact) mass is 399 g/mol. The van der Waals surface area contributed by atoms with Crippen LogP contribution in [-0.4, -0.2) is 40.4 Å². The minimum absolute atomic E-state index is 0.103. The quantitative estimate of drug-likeness (QED) is 0.825. The van der Waals surface area contributed by atoms with E-state index < -0.39 is 5.43 Å². The van der Waals surface area contributed by atoms with Crippen LogP contribution in [-0.2, 0) is 0 Å². The topological polar surface area (TPSA) is 71.4 Å². The third-order valence-corrected chi connectivity index (χ3v) is 6.86. The molecule has 1 aromatic rings. The number of carbonyl (C=O) groups is 2. The molecular formula is C23H33N3O3. The fourth-order valence-corrected chi connectivity index (χ4v) is 5.22. The number of aromatic nitrogens is 1. The van der Waals surface area contributed by atoms with Gasteiger partial charge in [-0.25, -0.2) is 0 Å². The molecule has 1 saturated heterocycles. The number of fused-ring (bicyclic) bond motifs is 2. The molecule has 6 heteroatoms. The van der Waals surface area contributed by atoms with E-state index in [1.165, 1.54) is 12.8 Å². The SMILES string of the molecule is CC(C)CNC(=O)c1cn(C2CCCCC2)cc(C(=O)N2C[C@@H]3CC[C@H]2C3)c1=O. The molecule has 2 atom stereocenters. The normalized spacial score (nSPS) is 24.3. The van der Waals surface area contributed by atoms with Crippen LogP contribution in [0.5, 0.6) is 0 Å². The molecule has 29 heavy (non-hydrogen) atoms. The first-order valence-corrected chi connectivity index (χ1v) is 11.3. The summed E-state index contributed by atoms with van der Waals surface area (Å²) in [5, 5.41) is 2.85. The van der Waals surface area contributed by atoms with Gasteiger partial charge in [0.25, 0.3) is 11.8 Å². The number of pyridine rings is 1. The molecule has 0 spiro atoms. The lowest BCUT2D eigenvalue weighted by molar-refractivity contribution is 0.0701. The fraction of sp³-hybridized carbons (Fsp3) is 0.696. The highest BCUT2D eigenvalue weighted by Gasteiger charge is 2.41. The second kappa shape index (κ2) is 8.33. The van der Waals surface area contributed by atoms with E-state index in [0.29, 0.717) is 18.4 Å². The maximum atomic E-state index is 13.3. The maximum Gasteiger partial charge on any atom is 0.259 e. The van der Waals surface area contributed by atoms with Gasteiger partial charge in [-0.05, 0) is 43.9 Å². The standard InChI is InChI=1S/C23H33N3O3/c1-15(2)11-24-22(28)19-13-25(17-6-4-3-5-7-17)14-20(21(19)27)23(29)26-12-16-8-9-18(26)10-16/h13-18H,3-12H2,1-2H3,(H,24,28)/t16-,18+/m1/s1. The van der Waals surface area contributed by atoms with Crippen LogP contribution in [0.2, 0.25) is 0 Å². The molecule has 3 aliphatic rings. The Hall–Kier alpha value is -2.11. The van der Waals surface area contributed by atoms with E-state index in [0.717, 1.165) is 45.1 Å². The van der Waals surface area contributed by atoms with Crippen LogP contribution in [0.15, 0.2) is 17.2 Å². The Morgan fingerprint density at radius 3 is 2.38 bits per heavy atom. The van der Waals surface area contributed by atoms with Crippen molar-refractivity contribution >= 4 is 11.8 Å². The molecule has 158 valence electrons. The predicted molar refractivity (Wildman–Crippen MR) is 112 cm³/mol. The van der Waals surface area contributed by atoms with Gasteiger partial charge >= 0.3 is 0 Å². The van der Waals surface area contributed by atoms with Crippen molar-refractivity contribution in [2.45, 2.75) is 77.3 Å². The van der Waals surface area contributed by atoms with Gasteiger partial charge in [-0.3, -0.25) is 14.4 Å². The van der Waals surface area contributed by atoms with Gasteiger partial charge in [0.1, 0.15) is 11.1 Å². The molecule has 3 fully saturated rings. The van der Waals surface area contributed by atoms with Crippen molar-refractivity contribution in [3.8, 4) is 0 Å². The third-order valence-electron chi connectivity index (χ3n) is 6.86. The number of piperidine rings is 1. The Morgan fingerprint density at radius 1 is 1.03 bits per heavy atom. The summed E-state index contributed by atoms with van der Waals surface area (Å²) in [6.45, 7) is 5.29. The van der Waals surface area contributed by atoms with Crippen LogP contribution < -0.4 is 10.7 Å². The molecule has 2 saturated carbocycles. The summed E-state index contributed by atoms with van der Waals surface area (Å²) in [6, 6.07) is 0.510. The van der Waals surface area contributed by atoms with E-state index in [2.05, 4.69) is 5.32 Å². The van der Waals surface area contributed by atoms with Gasteiger partial charge in [0.15, 0.2) is 0 Å². The van der Waals surface area contributed by atoms with Crippen LogP contribution >= 0.6 is 0 Å². The largest absolute Gasteiger partial charge is 0.352 e. The minimum Gasteiger partial charge on any atom is -0.352 e. The van der Waals surface area contributed by atoms with Crippen molar-refractivity contribution in [3.63, 3.8) is 0 Å². The first-order chi connectivity index (χ1) is 13.9. The zero-order valence-corrected chi connectivity index (χ0v) is 17.7. The molecule has 1 aliphatic heterocycles. The molecular weight excluding hydrogens is 366 g/mol. The van der Waals surface area contributed by atoms with Gasteiger partial charge < -0.3 is 14.8 Å². The van der Waals surface area contributed by atoms with E-state index in [1.54, 1.807) is 12.4 Å². The molecule has 4 rings (SSSR count). The van der Waals surface area contributed by atoms with E-state index in [-0.39, 0.29) is 35.0 Å². The number of hydrogen-bond donors (Lipinski definition) is 1. The number of hydrogen-bond acceptors (Lipinski definition) is 3. The molecule has 2 heterocycles. The Bertz CT molecular complexity index is 838. The zero-order chi connectivity index (χ0) is 20.5. The van der Waals surface area contributed by atoms with Crippen LogP contribution in [0.1, 0.15) is 92.0 Å². The van der Waals surface area contributed by atoms with Crippen LogP contribution in [0.4, 0.5) is 0 Å². The molecule has 0 unspecified atom stereocenters. The van der Waals surface area contributed by atoms with E-state index in [4.69, 9.17) is 0 Å². The summed E-state index contributed by atoms with van der Waals surface area (Å²) in [4.78, 5) is 41.1. The minimum atomic E-state index is -0.425. The van der Waals surface area contributed by atoms with Gasteiger partial charge in [-0.2, -0.15) is 0 Å². The maximum absolute atomic E-state index is 13.3. The Labute approximate surface area is 172 Å². The molecule has 0 aromatic carbocycles. The van der Waals surface area contributed by atoms with E-state index in [9.17, 15) is 14.4 Å². The number of nitrogens with one attached hydrogen (secondary N) is 1. The molecule has 1 N–H and O–H groups in total. The second-order valence-electron chi connectivity index (χ2n) is 9.55. The van der Waals surface area contributed by atoms with Gasteiger partial charge in [-0.1, -0.05) is 33.1 Å². The van der Waals surface area contributed by atoms with Crippen molar-refractivity contribution in [2.24, 2.45) is 11.8 Å². The lowest BCUT2D eigenvalue weighted by atomic mass is 9.95. The lowest BCUT2D eigenvalue weighted by Gasteiger charge is -2.29. The zero-order valence-electron chi connectivity index (χ0n) is 17.7. The molecule has 0 radical (unpaired) electrons. The van der Waals surface area contributed by atoms with Gasteiger partial charge in [0.05, 0.1) is 0 Å². The van der Waals surface area contributed by atoms with Crippen molar-refractivity contribution in [3.05, 3.63) is 33.7 Å². The van der Waals surface area contributed by atoms with Gasteiger partial charge in [-0.15, -0.1) is 0 Å². The van der Waals surface area contributed by atoms with Gasteiger partial charge in [0.2, 0.25) is 5.43 Å². The summed E-state index contributed by atoms with van der Waals surface area (Å²) in [7, 11) is 0. The Morgan fingerprint density at radius 2 is 1.76 bits per heavy atom. The number of nitrogens with zero attached hydrogens (tertiary/aromatic N) is 2. The first-order valence-electron chi connectivity index (χ1n) is 11.3.